The molecule has 0 unspecified atom stereocenters. The molecule has 4 aromatic rings. The Bertz CT molecular complexity index is 1190. The maximum atomic E-state index is 13.1. The van der Waals surface area contributed by atoms with Gasteiger partial charge in [-0.25, -0.2) is 4.79 Å². The molecule has 5 heteroatoms. The molecule has 27 heavy (non-hydrogen) atoms. The van der Waals surface area contributed by atoms with Crippen molar-refractivity contribution in [3.05, 3.63) is 87.8 Å². The maximum Gasteiger partial charge on any atom is 0.343 e. The summed E-state index contributed by atoms with van der Waals surface area (Å²) in [4.78, 5) is 25.7. The van der Waals surface area contributed by atoms with E-state index in [1.54, 1.807) is 48.5 Å². The molecule has 0 amide bonds. The van der Waals surface area contributed by atoms with Crippen LogP contribution in [-0.4, -0.2) is 5.97 Å². The smallest absolute Gasteiger partial charge is 0.343 e. The normalized spacial score (nSPS) is 10.9. The number of furan rings is 1. The van der Waals surface area contributed by atoms with Gasteiger partial charge in [-0.2, -0.15) is 0 Å². The first-order valence-electron chi connectivity index (χ1n) is 8.44. The maximum absolute atomic E-state index is 13.1. The quantitative estimate of drug-likeness (QED) is 0.487. The fourth-order valence-electron chi connectivity index (χ4n) is 3.02. The van der Waals surface area contributed by atoms with Gasteiger partial charge in [-0.3, -0.25) is 4.79 Å². The number of carbonyl (C=O) groups excluding carboxylic acids is 1. The number of carbonyl (C=O) groups is 1. The van der Waals surface area contributed by atoms with E-state index in [9.17, 15) is 9.59 Å². The Morgan fingerprint density at radius 2 is 1.78 bits per heavy atom. The first-order valence-corrected chi connectivity index (χ1v) is 8.44. The highest BCUT2D eigenvalue weighted by Crippen LogP contribution is 2.33. The SMILES string of the molecule is Cc1cc(C)c2oc(-c3ccco3)c(OC(=O)c3ccccc3)c(=O)c2c1. The molecule has 0 spiro atoms. The summed E-state index contributed by atoms with van der Waals surface area (Å²) in [6.07, 6.45) is 1.46. The van der Waals surface area contributed by atoms with Crippen LogP contribution in [0.25, 0.3) is 22.5 Å². The molecule has 0 bridgehead atoms. The second-order valence-corrected chi connectivity index (χ2v) is 6.28. The third-order valence-corrected chi connectivity index (χ3v) is 4.23. The van der Waals surface area contributed by atoms with Crippen LogP contribution >= 0.6 is 0 Å². The fourth-order valence-corrected chi connectivity index (χ4v) is 3.02. The third-order valence-electron chi connectivity index (χ3n) is 4.23. The van der Waals surface area contributed by atoms with Crippen molar-refractivity contribution in [2.24, 2.45) is 0 Å². The number of rotatable bonds is 3. The van der Waals surface area contributed by atoms with Crippen molar-refractivity contribution in [2.45, 2.75) is 13.8 Å². The molecule has 0 fully saturated rings. The molecule has 5 nitrogen and oxygen atoms in total. The monoisotopic (exact) mass is 360 g/mol. The van der Waals surface area contributed by atoms with Crippen molar-refractivity contribution in [2.75, 3.05) is 0 Å². The summed E-state index contributed by atoms with van der Waals surface area (Å²) in [5.41, 5.74) is 2.09. The van der Waals surface area contributed by atoms with Gasteiger partial charge in [0.2, 0.25) is 16.9 Å². The number of hydrogen-bond acceptors (Lipinski definition) is 5. The molecule has 0 N–H and O–H groups in total. The van der Waals surface area contributed by atoms with E-state index < -0.39 is 11.4 Å². The van der Waals surface area contributed by atoms with Gasteiger partial charge >= 0.3 is 5.97 Å². The molecule has 0 aliphatic rings. The van der Waals surface area contributed by atoms with Gasteiger partial charge in [-0.15, -0.1) is 0 Å². The van der Waals surface area contributed by atoms with E-state index in [1.807, 2.05) is 19.9 Å². The van der Waals surface area contributed by atoms with Crippen molar-refractivity contribution in [1.82, 2.24) is 0 Å². The molecule has 2 heterocycles. The van der Waals surface area contributed by atoms with E-state index in [0.717, 1.165) is 11.1 Å². The Balaban J connectivity index is 1.95. The fraction of sp³-hybridized carbons (Fsp3) is 0.0909. The van der Waals surface area contributed by atoms with Gasteiger partial charge in [0.05, 0.1) is 17.2 Å². The summed E-state index contributed by atoms with van der Waals surface area (Å²) in [5, 5.41) is 0.360. The van der Waals surface area contributed by atoms with Crippen LogP contribution in [0.3, 0.4) is 0 Å². The average molecular weight is 360 g/mol. The van der Waals surface area contributed by atoms with E-state index in [4.69, 9.17) is 13.6 Å². The molecule has 0 atom stereocenters. The zero-order chi connectivity index (χ0) is 19.0. The molecular weight excluding hydrogens is 344 g/mol. The van der Waals surface area contributed by atoms with E-state index in [0.29, 0.717) is 22.3 Å². The van der Waals surface area contributed by atoms with Gasteiger partial charge in [0.15, 0.2) is 5.76 Å². The predicted molar refractivity (Wildman–Crippen MR) is 101 cm³/mol. The number of fused-ring (bicyclic) bond motifs is 1. The molecule has 0 saturated carbocycles. The molecule has 4 rings (SSSR count). The largest absolute Gasteiger partial charge is 0.461 e. The van der Waals surface area contributed by atoms with Gasteiger partial charge in [0, 0.05) is 0 Å². The van der Waals surface area contributed by atoms with Crippen LogP contribution in [0.4, 0.5) is 0 Å². The van der Waals surface area contributed by atoms with E-state index in [-0.39, 0.29) is 11.5 Å². The predicted octanol–water partition coefficient (Wildman–Crippen LogP) is 4.89. The minimum absolute atomic E-state index is 0.0914. The first kappa shape index (κ1) is 16.8. The van der Waals surface area contributed by atoms with Crippen LogP contribution in [0.2, 0.25) is 0 Å². The number of ether oxygens (including phenoxy) is 1. The molecule has 0 saturated heterocycles. The van der Waals surface area contributed by atoms with Crippen molar-refractivity contribution in [1.29, 1.82) is 0 Å². The Hall–Kier alpha value is -3.60. The summed E-state index contributed by atoms with van der Waals surface area (Å²) < 4.78 is 16.8. The minimum atomic E-state index is -0.639. The Labute approximate surface area is 154 Å². The van der Waals surface area contributed by atoms with Crippen LogP contribution in [0.15, 0.2) is 74.5 Å². The topological polar surface area (TPSA) is 69.7 Å². The Morgan fingerprint density at radius 1 is 1.00 bits per heavy atom. The second-order valence-electron chi connectivity index (χ2n) is 6.28. The second kappa shape index (κ2) is 6.61. The lowest BCUT2D eigenvalue weighted by molar-refractivity contribution is 0.0731. The highest BCUT2D eigenvalue weighted by atomic mass is 16.5. The summed E-state index contributed by atoms with van der Waals surface area (Å²) in [6, 6.07) is 15.4. The zero-order valence-corrected chi connectivity index (χ0v) is 14.8. The van der Waals surface area contributed by atoms with Gasteiger partial charge in [-0.1, -0.05) is 24.3 Å². The van der Waals surface area contributed by atoms with Crippen LogP contribution in [0, 0.1) is 13.8 Å². The van der Waals surface area contributed by atoms with Crippen LogP contribution in [-0.2, 0) is 0 Å². The summed E-state index contributed by atoms with van der Waals surface area (Å²) in [6.45, 7) is 3.75. The first-order chi connectivity index (χ1) is 13.0. The summed E-state index contributed by atoms with van der Waals surface area (Å²) in [5.74, 6) is -0.422. The lowest BCUT2D eigenvalue weighted by Crippen LogP contribution is -2.16. The number of aryl methyl sites for hydroxylation is 2. The van der Waals surface area contributed by atoms with Gasteiger partial charge in [0.1, 0.15) is 5.58 Å². The standard InChI is InChI=1S/C22H16O5/c1-13-11-14(2)19-16(12-13)18(23)21(20(26-19)17-9-6-10-25-17)27-22(24)15-7-4-3-5-8-15/h3-12H,1-2H3. The van der Waals surface area contributed by atoms with Crippen LogP contribution < -0.4 is 10.2 Å². The molecule has 0 radical (unpaired) electrons. The van der Waals surface area contributed by atoms with Crippen molar-refractivity contribution in [3.8, 4) is 17.3 Å². The van der Waals surface area contributed by atoms with E-state index in [2.05, 4.69) is 0 Å². The Morgan fingerprint density at radius 3 is 2.48 bits per heavy atom. The molecule has 134 valence electrons. The van der Waals surface area contributed by atoms with Gasteiger partial charge < -0.3 is 13.6 Å². The number of benzene rings is 2. The number of hydrogen-bond donors (Lipinski definition) is 0. The highest BCUT2D eigenvalue weighted by molar-refractivity contribution is 5.93. The zero-order valence-electron chi connectivity index (χ0n) is 14.8. The molecule has 2 aromatic carbocycles. The average Bonchev–Trinajstić information content (AvgIpc) is 3.19. The molecule has 2 aromatic heterocycles. The highest BCUT2D eigenvalue weighted by Gasteiger charge is 2.23. The summed E-state index contributed by atoms with van der Waals surface area (Å²) >= 11 is 0. The third kappa shape index (κ3) is 3.04. The molecule has 0 aliphatic carbocycles. The Kier molecular flexibility index (Phi) is 4.12. The van der Waals surface area contributed by atoms with Crippen molar-refractivity contribution in [3.63, 3.8) is 0 Å². The van der Waals surface area contributed by atoms with Crippen LogP contribution in [0.1, 0.15) is 21.5 Å². The van der Waals surface area contributed by atoms with Gasteiger partial charge in [0.25, 0.3) is 0 Å². The number of esters is 1. The van der Waals surface area contributed by atoms with Crippen molar-refractivity contribution < 1.29 is 18.4 Å². The van der Waals surface area contributed by atoms with E-state index in [1.165, 1.54) is 6.26 Å². The van der Waals surface area contributed by atoms with Crippen LogP contribution in [0.5, 0.6) is 5.75 Å². The molecular formula is C22H16O5. The lowest BCUT2D eigenvalue weighted by Gasteiger charge is -2.11. The lowest BCUT2D eigenvalue weighted by atomic mass is 10.1. The van der Waals surface area contributed by atoms with Crippen molar-refractivity contribution >= 4 is 16.9 Å². The van der Waals surface area contributed by atoms with Gasteiger partial charge in [-0.05, 0) is 55.3 Å². The minimum Gasteiger partial charge on any atom is -0.461 e. The molecule has 0 aliphatic heterocycles. The summed E-state index contributed by atoms with van der Waals surface area (Å²) in [7, 11) is 0. The van der Waals surface area contributed by atoms with E-state index >= 15 is 0 Å².